The number of nitrogens with one attached hydrogen (secondary N) is 1. The van der Waals surface area contributed by atoms with Gasteiger partial charge >= 0.3 is 0 Å². The predicted octanol–water partition coefficient (Wildman–Crippen LogP) is 2.19. The summed E-state index contributed by atoms with van der Waals surface area (Å²) in [7, 11) is 0. The second-order valence-electron chi connectivity index (χ2n) is 3.18. The summed E-state index contributed by atoms with van der Waals surface area (Å²) in [6, 6.07) is 8.02. The smallest absolute Gasteiger partial charge is 0.168 e. The Morgan fingerprint density at radius 3 is 2.47 bits per heavy atom. The first-order valence-corrected chi connectivity index (χ1v) is 5.50. The fourth-order valence-corrected chi connectivity index (χ4v) is 1.66. The van der Waals surface area contributed by atoms with Crippen molar-refractivity contribution >= 4 is 28.7 Å². The number of nitrogens with zero attached hydrogens (tertiary/aromatic N) is 1. The molecule has 82 valence electrons. The van der Waals surface area contributed by atoms with E-state index in [1.807, 2.05) is 18.2 Å². The first-order valence-electron chi connectivity index (χ1n) is 5.09. The molecular formula is C11H17N3S. The van der Waals surface area contributed by atoms with Crippen molar-refractivity contribution in [3.05, 3.63) is 24.3 Å². The lowest BCUT2D eigenvalue weighted by atomic mass is 10.2. The van der Waals surface area contributed by atoms with Gasteiger partial charge in [0.25, 0.3) is 0 Å². The molecule has 0 saturated heterocycles. The van der Waals surface area contributed by atoms with E-state index in [1.54, 1.807) is 0 Å². The molecule has 0 aliphatic rings. The largest absolute Gasteiger partial charge is 0.376 e. The summed E-state index contributed by atoms with van der Waals surface area (Å²) in [5.74, 6) is 0. The van der Waals surface area contributed by atoms with Crippen LogP contribution >= 0.6 is 12.2 Å². The van der Waals surface area contributed by atoms with Gasteiger partial charge in [0.2, 0.25) is 0 Å². The number of hydrogen-bond donors (Lipinski definition) is 2. The van der Waals surface area contributed by atoms with Gasteiger partial charge in [-0.05, 0) is 38.2 Å². The summed E-state index contributed by atoms with van der Waals surface area (Å²) in [4.78, 5) is 2.25. The summed E-state index contributed by atoms with van der Waals surface area (Å²) in [6.07, 6.45) is 0. The highest BCUT2D eigenvalue weighted by molar-refractivity contribution is 7.80. The van der Waals surface area contributed by atoms with Crippen molar-refractivity contribution in [2.24, 2.45) is 5.73 Å². The van der Waals surface area contributed by atoms with Gasteiger partial charge in [-0.3, -0.25) is 0 Å². The third kappa shape index (κ3) is 3.09. The lowest BCUT2D eigenvalue weighted by Crippen LogP contribution is -2.25. The highest BCUT2D eigenvalue weighted by Gasteiger charge is 2.07. The molecule has 1 aromatic rings. The minimum Gasteiger partial charge on any atom is -0.376 e. The Bertz CT molecular complexity index is 334. The normalized spacial score (nSPS) is 9.73. The van der Waals surface area contributed by atoms with Gasteiger partial charge in [0.15, 0.2) is 5.11 Å². The molecule has 0 saturated carbocycles. The van der Waals surface area contributed by atoms with Gasteiger partial charge in [0, 0.05) is 13.1 Å². The molecular weight excluding hydrogens is 206 g/mol. The molecule has 0 atom stereocenters. The zero-order valence-electron chi connectivity index (χ0n) is 9.16. The maximum Gasteiger partial charge on any atom is 0.168 e. The number of para-hydroxylation sites is 2. The van der Waals surface area contributed by atoms with Crippen LogP contribution in [0.4, 0.5) is 11.4 Å². The highest BCUT2D eigenvalue weighted by atomic mass is 32.1. The van der Waals surface area contributed by atoms with Crippen LogP contribution in [0.2, 0.25) is 0 Å². The number of thiocarbonyl (C=S) groups is 1. The molecule has 0 fully saturated rings. The monoisotopic (exact) mass is 223 g/mol. The van der Waals surface area contributed by atoms with Crippen LogP contribution < -0.4 is 16.0 Å². The molecule has 15 heavy (non-hydrogen) atoms. The van der Waals surface area contributed by atoms with Crippen LogP contribution in [0.1, 0.15) is 13.8 Å². The molecule has 3 N–H and O–H groups in total. The lowest BCUT2D eigenvalue weighted by Gasteiger charge is -2.24. The molecule has 0 spiro atoms. The standard InChI is InChI=1S/C11H17N3S/c1-3-14(4-2)10-8-6-5-7-9(10)13-11(12)15/h5-8H,3-4H2,1-2H3,(H3,12,13,15). The van der Waals surface area contributed by atoms with Crippen molar-refractivity contribution in [2.45, 2.75) is 13.8 Å². The molecule has 3 nitrogen and oxygen atoms in total. The van der Waals surface area contributed by atoms with Crippen LogP contribution in [-0.4, -0.2) is 18.2 Å². The van der Waals surface area contributed by atoms with Crippen molar-refractivity contribution in [3.8, 4) is 0 Å². The van der Waals surface area contributed by atoms with Gasteiger partial charge in [0.1, 0.15) is 0 Å². The molecule has 0 aliphatic heterocycles. The summed E-state index contributed by atoms with van der Waals surface area (Å²) >= 11 is 4.84. The Hall–Kier alpha value is -1.29. The molecule has 4 heteroatoms. The molecule has 0 radical (unpaired) electrons. The van der Waals surface area contributed by atoms with Gasteiger partial charge in [0.05, 0.1) is 11.4 Å². The van der Waals surface area contributed by atoms with E-state index in [2.05, 4.69) is 30.1 Å². The van der Waals surface area contributed by atoms with Gasteiger partial charge in [-0.15, -0.1) is 0 Å². The summed E-state index contributed by atoms with van der Waals surface area (Å²) in [6.45, 7) is 6.18. The van der Waals surface area contributed by atoms with E-state index >= 15 is 0 Å². The molecule has 0 heterocycles. The van der Waals surface area contributed by atoms with Crippen molar-refractivity contribution in [1.29, 1.82) is 0 Å². The highest BCUT2D eigenvalue weighted by Crippen LogP contribution is 2.24. The van der Waals surface area contributed by atoms with Gasteiger partial charge < -0.3 is 16.0 Å². The quantitative estimate of drug-likeness (QED) is 0.768. The zero-order valence-corrected chi connectivity index (χ0v) is 9.97. The fraction of sp³-hybridized carbons (Fsp3) is 0.364. The van der Waals surface area contributed by atoms with Crippen LogP contribution in [0.15, 0.2) is 24.3 Å². The van der Waals surface area contributed by atoms with Gasteiger partial charge in [-0.25, -0.2) is 0 Å². The van der Waals surface area contributed by atoms with E-state index < -0.39 is 0 Å². The lowest BCUT2D eigenvalue weighted by molar-refractivity contribution is 0.867. The minimum absolute atomic E-state index is 0.301. The first-order chi connectivity index (χ1) is 7.19. The third-order valence-electron chi connectivity index (χ3n) is 2.27. The van der Waals surface area contributed by atoms with Crippen molar-refractivity contribution in [2.75, 3.05) is 23.3 Å². The van der Waals surface area contributed by atoms with Crippen LogP contribution in [0.25, 0.3) is 0 Å². The van der Waals surface area contributed by atoms with Gasteiger partial charge in [-0.2, -0.15) is 0 Å². The van der Waals surface area contributed by atoms with E-state index in [0.29, 0.717) is 5.11 Å². The molecule has 1 aromatic carbocycles. The summed E-state index contributed by atoms with van der Waals surface area (Å²) in [5, 5.41) is 3.29. The maximum atomic E-state index is 5.48. The van der Waals surface area contributed by atoms with E-state index in [4.69, 9.17) is 18.0 Å². The first kappa shape index (κ1) is 11.8. The molecule has 0 unspecified atom stereocenters. The van der Waals surface area contributed by atoms with Crippen LogP contribution in [0, 0.1) is 0 Å². The summed E-state index contributed by atoms with van der Waals surface area (Å²) in [5.41, 5.74) is 7.58. The fourth-order valence-electron chi connectivity index (χ4n) is 1.55. The minimum atomic E-state index is 0.301. The summed E-state index contributed by atoms with van der Waals surface area (Å²) < 4.78 is 0. The number of benzene rings is 1. The van der Waals surface area contributed by atoms with E-state index in [1.165, 1.54) is 0 Å². The van der Waals surface area contributed by atoms with E-state index in [-0.39, 0.29) is 0 Å². The SMILES string of the molecule is CCN(CC)c1ccccc1NC(N)=S. The third-order valence-corrected chi connectivity index (χ3v) is 2.37. The molecule has 0 aliphatic carbocycles. The number of hydrogen-bond acceptors (Lipinski definition) is 2. The van der Waals surface area contributed by atoms with Crippen molar-refractivity contribution < 1.29 is 0 Å². The predicted molar refractivity (Wildman–Crippen MR) is 70.4 cm³/mol. The molecule has 1 rings (SSSR count). The Labute approximate surface area is 96.3 Å². The van der Waals surface area contributed by atoms with Crippen molar-refractivity contribution in [3.63, 3.8) is 0 Å². The van der Waals surface area contributed by atoms with Crippen LogP contribution in [-0.2, 0) is 0 Å². The Morgan fingerprint density at radius 1 is 1.33 bits per heavy atom. The Morgan fingerprint density at radius 2 is 1.93 bits per heavy atom. The maximum absolute atomic E-state index is 5.48. The second-order valence-corrected chi connectivity index (χ2v) is 3.62. The number of anilines is 2. The molecule has 0 bridgehead atoms. The average molecular weight is 223 g/mol. The van der Waals surface area contributed by atoms with E-state index in [0.717, 1.165) is 24.5 Å². The Kier molecular flexibility index (Phi) is 4.37. The number of rotatable bonds is 4. The zero-order chi connectivity index (χ0) is 11.3. The topological polar surface area (TPSA) is 41.3 Å². The molecule has 0 aromatic heterocycles. The van der Waals surface area contributed by atoms with Crippen LogP contribution in [0.3, 0.4) is 0 Å². The Balaban J connectivity index is 2.99. The second kappa shape index (κ2) is 5.56. The van der Waals surface area contributed by atoms with E-state index in [9.17, 15) is 0 Å². The van der Waals surface area contributed by atoms with Crippen molar-refractivity contribution in [1.82, 2.24) is 0 Å². The van der Waals surface area contributed by atoms with Crippen LogP contribution in [0.5, 0.6) is 0 Å². The average Bonchev–Trinajstić information content (AvgIpc) is 2.21. The number of nitrogens with two attached hydrogens (primary N) is 1. The van der Waals surface area contributed by atoms with Gasteiger partial charge in [-0.1, -0.05) is 12.1 Å². The molecule has 0 amide bonds.